The van der Waals surface area contributed by atoms with Crippen molar-refractivity contribution >= 4 is 5.97 Å². The molecule has 0 heterocycles. The van der Waals surface area contributed by atoms with Gasteiger partial charge in [-0.25, -0.2) is 4.79 Å². The van der Waals surface area contributed by atoms with E-state index in [0.717, 1.165) is 5.56 Å². The van der Waals surface area contributed by atoms with Gasteiger partial charge in [0.2, 0.25) is 0 Å². The van der Waals surface area contributed by atoms with Gasteiger partial charge in [-0.1, -0.05) is 25.1 Å². The third-order valence-electron chi connectivity index (χ3n) is 3.30. The van der Waals surface area contributed by atoms with Crippen LogP contribution in [0.1, 0.15) is 37.5 Å². The fourth-order valence-electron chi connectivity index (χ4n) is 1.97. The maximum absolute atomic E-state index is 12.2. The molecule has 0 aliphatic heterocycles. The van der Waals surface area contributed by atoms with Crippen molar-refractivity contribution in [1.29, 1.82) is 0 Å². The molecule has 1 aromatic carbocycles. The normalized spacial score (nSPS) is 14.1. The SMILES string of the molecule is CCNC(C)(C(=O)OCC)c1ccc(C)c(C)c1. The highest BCUT2D eigenvalue weighted by molar-refractivity contribution is 5.82. The summed E-state index contributed by atoms with van der Waals surface area (Å²) in [6.45, 7) is 10.9. The van der Waals surface area contributed by atoms with Gasteiger partial charge in [-0.05, 0) is 50.9 Å². The zero-order valence-electron chi connectivity index (χ0n) is 12.0. The monoisotopic (exact) mass is 249 g/mol. The van der Waals surface area contributed by atoms with E-state index < -0.39 is 5.54 Å². The number of hydrogen-bond donors (Lipinski definition) is 1. The van der Waals surface area contributed by atoms with Gasteiger partial charge in [0.15, 0.2) is 0 Å². The molecule has 1 rings (SSSR count). The van der Waals surface area contributed by atoms with Gasteiger partial charge in [0, 0.05) is 0 Å². The lowest BCUT2D eigenvalue weighted by Crippen LogP contribution is -2.47. The van der Waals surface area contributed by atoms with Crippen molar-refractivity contribution in [3.05, 3.63) is 34.9 Å². The molecule has 100 valence electrons. The summed E-state index contributed by atoms with van der Waals surface area (Å²) in [5, 5.41) is 3.23. The van der Waals surface area contributed by atoms with Gasteiger partial charge >= 0.3 is 5.97 Å². The maximum Gasteiger partial charge on any atom is 0.330 e. The predicted molar refractivity (Wildman–Crippen MR) is 73.6 cm³/mol. The lowest BCUT2D eigenvalue weighted by atomic mass is 9.89. The highest BCUT2D eigenvalue weighted by atomic mass is 16.5. The fourth-order valence-corrected chi connectivity index (χ4v) is 1.97. The van der Waals surface area contributed by atoms with E-state index in [-0.39, 0.29) is 5.97 Å². The highest BCUT2D eigenvalue weighted by Crippen LogP contribution is 2.24. The molecule has 0 radical (unpaired) electrons. The van der Waals surface area contributed by atoms with Gasteiger partial charge in [0.25, 0.3) is 0 Å². The number of rotatable bonds is 5. The Kier molecular flexibility index (Phi) is 4.91. The molecule has 0 bridgehead atoms. The minimum atomic E-state index is -0.775. The minimum Gasteiger partial charge on any atom is -0.464 e. The Morgan fingerprint density at radius 1 is 1.28 bits per heavy atom. The number of likely N-dealkylation sites (N-methyl/N-ethyl adjacent to an activating group) is 1. The van der Waals surface area contributed by atoms with E-state index in [2.05, 4.69) is 25.2 Å². The Morgan fingerprint density at radius 3 is 2.44 bits per heavy atom. The van der Waals surface area contributed by atoms with Crippen LogP contribution in [0.4, 0.5) is 0 Å². The zero-order chi connectivity index (χ0) is 13.8. The van der Waals surface area contributed by atoms with Crippen LogP contribution in [0.5, 0.6) is 0 Å². The molecule has 0 saturated carbocycles. The van der Waals surface area contributed by atoms with Crippen molar-refractivity contribution in [3.63, 3.8) is 0 Å². The van der Waals surface area contributed by atoms with Crippen molar-refractivity contribution < 1.29 is 9.53 Å². The Bertz CT molecular complexity index is 429. The number of hydrogen-bond acceptors (Lipinski definition) is 3. The van der Waals surface area contributed by atoms with Crippen LogP contribution in [0.25, 0.3) is 0 Å². The van der Waals surface area contributed by atoms with Crippen LogP contribution < -0.4 is 5.32 Å². The van der Waals surface area contributed by atoms with E-state index in [0.29, 0.717) is 13.2 Å². The summed E-state index contributed by atoms with van der Waals surface area (Å²) >= 11 is 0. The molecule has 0 fully saturated rings. The topological polar surface area (TPSA) is 38.3 Å². The van der Waals surface area contributed by atoms with Crippen LogP contribution in [0, 0.1) is 13.8 Å². The summed E-state index contributed by atoms with van der Waals surface area (Å²) in [7, 11) is 0. The summed E-state index contributed by atoms with van der Waals surface area (Å²) in [5.74, 6) is -0.227. The van der Waals surface area contributed by atoms with Crippen LogP contribution in [0.2, 0.25) is 0 Å². The summed E-state index contributed by atoms with van der Waals surface area (Å²) in [5.41, 5.74) is 2.58. The van der Waals surface area contributed by atoms with Gasteiger partial charge in [-0.15, -0.1) is 0 Å². The molecular weight excluding hydrogens is 226 g/mol. The molecule has 0 aliphatic rings. The number of carbonyl (C=O) groups is 1. The average molecular weight is 249 g/mol. The molecule has 0 saturated heterocycles. The molecule has 1 unspecified atom stereocenters. The van der Waals surface area contributed by atoms with Gasteiger partial charge in [-0.3, -0.25) is 5.32 Å². The highest BCUT2D eigenvalue weighted by Gasteiger charge is 2.35. The standard InChI is InChI=1S/C15H23NO2/c1-6-16-15(5,14(17)18-7-2)13-9-8-11(3)12(4)10-13/h8-10,16H,6-7H2,1-5H3. The van der Waals surface area contributed by atoms with Crippen LogP contribution in [0.15, 0.2) is 18.2 Å². The summed E-state index contributed by atoms with van der Waals surface area (Å²) in [4.78, 5) is 12.2. The van der Waals surface area contributed by atoms with Crippen molar-refractivity contribution in [2.75, 3.05) is 13.2 Å². The Morgan fingerprint density at radius 2 is 1.94 bits per heavy atom. The third kappa shape index (κ3) is 2.91. The van der Waals surface area contributed by atoms with Crippen LogP contribution in [0.3, 0.4) is 0 Å². The Labute approximate surface area is 110 Å². The van der Waals surface area contributed by atoms with Gasteiger partial charge in [-0.2, -0.15) is 0 Å². The van der Waals surface area contributed by atoms with E-state index in [1.807, 2.05) is 32.9 Å². The number of esters is 1. The second-order valence-electron chi connectivity index (χ2n) is 4.67. The first kappa shape index (κ1) is 14.7. The van der Waals surface area contributed by atoms with E-state index in [1.54, 1.807) is 0 Å². The smallest absolute Gasteiger partial charge is 0.330 e. The van der Waals surface area contributed by atoms with E-state index >= 15 is 0 Å². The maximum atomic E-state index is 12.2. The Balaban J connectivity index is 3.17. The van der Waals surface area contributed by atoms with Crippen LogP contribution in [-0.4, -0.2) is 19.1 Å². The lowest BCUT2D eigenvalue weighted by Gasteiger charge is -2.29. The lowest BCUT2D eigenvalue weighted by molar-refractivity contribution is -0.151. The quantitative estimate of drug-likeness (QED) is 0.815. The van der Waals surface area contributed by atoms with Crippen molar-refractivity contribution in [2.24, 2.45) is 0 Å². The van der Waals surface area contributed by atoms with Gasteiger partial charge in [0.05, 0.1) is 6.61 Å². The van der Waals surface area contributed by atoms with Crippen molar-refractivity contribution in [3.8, 4) is 0 Å². The molecule has 3 heteroatoms. The van der Waals surface area contributed by atoms with Gasteiger partial charge in [0.1, 0.15) is 5.54 Å². The second-order valence-corrected chi connectivity index (χ2v) is 4.67. The molecule has 1 N–H and O–H groups in total. The largest absolute Gasteiger partial charge is 0.464 e. The first-order chi connectivity index (χ1) is 8.45. The van der Waals surface area contributed by atoms with E-state index in [1.165, 1.54) is 11.1 Å². The van der Waals surface area contributed by atoms with Crippen LogP contribution in [-0.2, 0) is 15.1 Å². The molecule has 0 amide bonds. The first-order valence-corrected chi connectivity index (χ1v) is 6.45. The zero-order valence-corrected chi connectivity index (χ0v) is 12.0. The number of nitrogens with one attached hydrogen (secondary N) is 1. The fraction of sp³-hybridized carbons (Fsp3) is 0.533. The average Bonchev–Trinajstić information content (AvgIpc) is 2.33. The molecule has 1 aromatic rings. The number of ether oxygens (including phenoxy) is 1. The number of carbonyl (C=O) groups excluding carboxylic acids is 1. The molecule has 0 spiro atoms. The van der Waals surface area contributed by atoms with Crippen molar-refractivity contribution in [1.82, 2.24) is 5.32 Å². The molecule has 18 heavy (non-hydrogen) atoms. The molecule has 3 nitrogen and oxygen atoms in total. The summed E-state index contributed by atoms with van der Waals surface area (Å²) in [6.07, 6.45) is 0. The summed E-state index contributed by atoms with van der Waals surface area (Å²) in [6, 6.07) is 6.08. The number of aryl methyl sites for hydroxylation is 2. The van der Waals surface area contributed by atoms with E-state index in [4.69, 9.17) is 4.74 Å². The van der Waals surface area contributed by atoms with E-state index in [9.17, 15) is 4.79 Å². The minimum absolute atomic E-state index is 0.227. The molecule has 0 aromatic heterocycles. The van der Waals surface area contributed by atoms with Gasteiger partial charge < -0.3 is 4.74 Å². The Hall–Kier alpha value is -1.35. The summed E-state index contributed by atoms with van der Waals surface area (Å²) < 4.78 is 5.18. The van der Waals surface area contributed by atoms with Crippen molar-refractivity contribution in [2.45, 2.75) is 40.2 Å². The molecule has 0 aliphatic carbocycles. The van der Waals surface area contributed by atoms with Crippen LogP contribution >= 0.6 is 0 Å². The molecular formula is C15H23NO2. The first-order valence-electron chi connectivity index (χ1n) is 6.45. The molecule has 1 atom stereocenters. The second kappa shape index (κ2) is 6.01. The third-order valence-corrected chi connectivity index (χ3v) is 3.30. The number of benzene rings is 1. The predicted octanol–water partition coefficient (Wildman–Crippen LogP) is 2.69.